The molecular formula is C18H18N4O3S. The van der Waals surface area contributed by atoms with E-state index < -0.39 is 5.91 Å². The summed E-state index contributed by atoms with van der Waals surface area (Å²) < 4.78 is 10.8. The molecular weight excluding hydrogens is 352 g/mol. The summed E-state index contributed by atoms with van der Waals surface area (Å²) in [7, 11) is 1.54. The second-order valence-corrected chi connectivity index (χ2v) is 6.70. The highest BCUT2D eigenvalue weighted by Gasteiger charge is 2.27. The first kappa shape index (κ1) is 17.9. The lowest BCUT2D eigenvalue weighted by Crippen LogP contribution is -2.13. The van der Waals surface area contributed by atoms with Crippen LogP contribution in [0.4, 0.5) is 5.13 Å². The second-order valence-electron chi connectivity index (χ2n) is 5.69. The van der Waals surface area contributed by atoms with E-state index in [1.54, 1.807) is 18.2 Å². The molecule has 3 rings (SSSR count). The average Bonchev–Trinajstić information content (AvgIpc) is 3.40. The van der Waals surface area contributed by atoms with E-state index in [9.17, 15) is 10.1 Å². The van der Waals surface area contributed by atoms with Crippen molar-refractivity contribution in [1.82, 2.24) is 10.2 Å². The second kappa shape index (κ2) is 7.97. The molecule has 0 atom stereocenters. The van der Waals surface area contributed by atoms with Crippen LogP contribution < -0.4 is 14.8 Å². The Balaban J connectivity index is 1.76. The minimum atomic E-state index is -0.515. The third-order valence-corrected chi connectivity index (χ3v) is 4.75. The molecule has 7 nitrogen and oxygen atoms in total. The Morgan fingerprint density at radius 2 is 2.23 bits per heavy atom. The Labute approximate surface area is 155 Å². The van der Waals surface area contributed by atoms with Crippen molar-refractivity contribution in [2.24, 2.45) is 0 Å². The summed E-state index contributed by atoms with van der Waals surface area (Å²) in [4.78, 5) is 12.3. The highest BCUT2D eigenvalue weighted by Crippen LogP contribution is 2.42. The summed E-state index contributed by atoms with van der Waals surface area (Å²) in [6, 6.07) is 7.14. The SMILES string of the molecule is CCOc1ccc(/C=C(\C#N)C(=O)Nc2nnc(C3CC3)s2)cc1OC. The van der Waals surface area contributed by atoms with Crippen molar-refractivity contribution < 1.29 is 14.3 Å². The molecule has 1 aliphatic rings. The summed E-state index contributed by atoms with van der Waals surface area (Å²) >= 11 is 1.35. The molecule has 0 spiro atoms. The van der Waals surface area contributed by atoms with Gasteiger partial charge in [-0.15, -0.1) is 10.2 Å². The van der Waals surface area contributed by atoms with Crippen LogP contribution in [0, 0.1) is 11.3 Å². The lowest BCUT2D eigenvalue weighted by Gasteiger charge is -2.09. The topological polar surface area (TPSA) is 97.1 Å². The van der Waals surface area contributed by atoms with Crippen molar-refractivity contribution in [2.45, 2.75) is 25.7 Å². The van der Waals surface area contributed by atoms with E-state index in [1.165, 1.54) is 24.5 Å². The number of ether oxygens (including phenoxy) is 2. The molecule has 1 heterocycles. The molecule has 1 aromatic heterocycles. The van der Waals surface area contributed by atoms with Gasteiger partial charge in [-0.1, -0.05) is 17.4 Å². The van der Waals surface area contributed by atoms with Gasteiger partial charge in [-0.3, -0.25) is 10.1 Å². The van der Waals surface area contributed by atoms with Crippen LogP contribution in [0.1, 0.15) is 36.3 Å². The Bertz CT molecular complexity index is 881. The van der Waals surface area contributed by atoms with Gasteiger partial charge in [0.2, 0.25) is 5.13 Å². The molecule has 8 heteroatoms. The van der Waals surface area contributed by atoms with Crippen LogP contribution in [0.15, 0.2) is 23.8 Å². The number of hydrogen-bond acceptors (Lipinski definition) is 7. The normalized spacial score (nSPS) is 13.8. The first-order chi connectivity index (χ1) is 12.6. The number of amides is 1. The Kier molecular flexibility index (Phi) is 5.49. The number of nitrogens with zero attached hydrogens (tertiary/aromatic N) is 3. The predicted octanol–water partition coefficient (Wildman–Crippen LogP) is 3.37. The summed E-state index contributed by atoms with van der Waals surface area (Å²) in [6.07, 6.45) is 3.73. The van der Waals surface area contributed by atoms with E-state index in [0.717, 1.165) is 17.8 Å². The van der Waals surface area contributed by atoms with Gasteiger partial charge < -0.3 is 9.47 Å². The smallest absolute Gasteiger partial charge is 0.268 e. The summed E-state index contributed by atoms with van der Waals surface area (Å²) in [5.41, 5.74) is 0.632. The number of aromatic nitrogens is 2. The van der Waals surface area contributed by atoms with Gasteiger partial charge in [0.15, 0.2) is 11.5 Å². The third-order valence-electron chi connectivity index (χ3n) is 3.75. The molecule has 1 N–H and O–H groups in total. The van der Waals surface area contributed by atoms with Crippen LogP contribution in [0.2, 0.25) is 0 Å². The van der Waals surface area contributed by atoms with E-state index >= 15 is 0 Å². The lowest BCUT2D eigenvalue weighted by atomic mass is 10.1. The quantitative estimate of drug-likeness (QED) is 0.593. The van der Waals surface area contributed by atoms with Crippen LogP contribution in [0.3, 0.4) is 0 Å². The summed E-state index contributed by atoms with van der Waals surface area (Å²) in [5.74, 6) is 1.10. The van der Waals surface area contributed by atoms with Crippen LogP contribution in [0.5, 0.6) is 11.5 Å². The van der Waals surface area contributed by atoms with Crippen molar-refractivity contribution in [1.29, 1.82) is 5.26 Å². The zero-order valence-electron chi connectivity index (χ0n) is 14.5. The standard InChI is InChI=1S/C18H18N4O3S/c1-3-25-14-7-4-11(9-15(14)24-2)8-13(10-19)16(23)20-18-22-21-17(26-18)12-5-6-12/h4,7-9,12H,3,5-6H2,1-2H3,(H,20,22,23)/b13-8+. The number of carbonyl (C=O) groups excluding carboxylic acids is 1. The Morgan fingerprint density at radius 3 is 2.88 bits per heavy atom. The van der Waals surface area contributed by atoms with Crippen LogP contribution in [-0.4, -0.2) is 29.8 Å². The van der Waals surface area contributed by atoms with Gasteiger partial charge in [0.25, 0.3) is 5.91 Å². The van der Waals surface area contributed by atoms with Crippen LogP contribution in [0.25, 0.3) is 6.08 Å². The monoisotopic (exact) mass is 370 g/mol. The number of hydrogen-bond donors (Lipinski definition) is 1. The molecule has 1 fully saturated rings. The number of benzene rings is 1. The van der Waals surface area contributed by atoms with Gasteiger partial charge >= 0.3 is 0 Å². The fraction of sp³-hybridized carbons (Fsp3) is 0.333. The Morgan fingerprint density at radius 1 is 1.42 bits per heavy atom. The number of carbonyl (C=O) groups is 1. The third kappa shape index (κ3) is 4.18. The maximum Gasteiger partial charge on any atom is 0.268 e. The van der Waals surface area contributed by atoms with Crippen molar-refractivity contribution in [3.8, 4) is 17.6 Å². The van der Waals surface area contributed by atoms with E-state index in [-0.39, 0.29) is 5.57 Å². The molecule has 1 saturated carbocycles. The minimum Gasteiger partial charge on any atom is -0.493 e. The predicted molar refractivity (Wildman–Crippen MR) is 98.3 cm³/mol. The molecule has 1 aromatic carbocycles. The molecule has 0 saturated heterocycles. The highest BCUT2D eigenvalue weighted by atomic mass is 32.1. The highest BCUT2D eigenvalue weighted by molar-refractivity contribution is 7.15. The number of nitrogens with one attached hydrogen (secondary N) is 1. The summed E-state index contributed by atoms with van der Waals surface area (Å²) in [6.45, 7) is 2.40. The summed E-state index contributed by atoms with van der Waals surface area (Å²) in [5, 5.41) is 21.3. The number of anilines is 1. The van der Waals surface area contributed by atoms with Gasteiger partial charge in [0.1, 0.15) is 16.6 Å². The van der Waals surface area contributed by atoms with E-state index in [4.69, 9.17) is 9.47 Å². The fourth-order valence-corrected chi connectivity index (χ4v) is 3.22. The first-order valence-corrected chi connectivity index (χ1v) is 9.03. The minimum absolute atomic E-state index is 0.0283. The van der Waals surface area contributed by atoms with Gasteiger partial charge in [-0.2, -0.15) is 5.26 Å². The van der Waals surface area contributed by atoms with E-state index in [0.29, 0.717) is 34.7 Å². The van der Waals surface area contributed by atoms with Crippen LogP contribution in [-0.2, 0) is 4.79 Å². The van der Waals surface area contributed by atoms with Crippen molar-refractivity contribution >= 4 is 28.5 Å². The van der Waals surface area contributed by atoms with Gasteiger partial charge in [0.05, 0.1) is 13.7 Å². The molecule has 2 aromatic rings. The molecule has 26 heavy (non-hydrogen) atoms. The zero-order chi connectivity index (χ0) is 18.5. The van der Waals surface area contributed by atoms with E-state index in [2.05, 4.69) is 15.5 Å². The van der Waals surface area contributed by atoms with Crippen molar-refractivity contribution in [3.63, 3.8) is 0 Å². The molecule has 1 amide bonds. The Hall–Kier alpha value is -2.92. The number of nitriles is 1. The number of methoxy groups -OCH3 is 1. The fourth-order valence-electron chi connectivity index (χ4n) is 2.31. The molecule has 0 unspecified atom stereocenters. The maximum absolute atomic E-state index is 12.3. The largest absolute Gasteiger partial charge is 0.493 e. The molecule has 0 bridgehead atoms. The maximum atomic E-state index is 12.3. The van der Waals surface area contributed by atoms with Gasteiger partial charge in [-0.25, -0.2) is 0 Å². The number of rotatable bonds is 7. The van der Waals surface area contributed by atoms with Gasteiger partial charge in [-0.05, 0) is 43.5 Å². The van der Waals surface area contributed by atoms with Crippen molar-refractivity contribution in [3.05, 3.63) is 34.3 Å². The molecule has 134 valence electrons. The van der Waals surface area contributed by atoms with Gasteiger partial charge in [0, 0.05) is 5.92 Å². The zero-order valence-corrected chi connectivity index (χ0v) is 15.3. The van der Waals surface area contributed by atoms with Crippen LogP contribution >= 0.6 is 11.3 Å². The molecule has 1 aliphatic carbocycles. The molecule has 0 radical (unpaired) electrons. The first-order valence-electron chi connectivity index (χ1n) is 8.22. The molecule has 0 aliphatic heterocycles. The van der Waals surface area contributed by atoms with Crippen molar-refractivity contribution in [2.75, 3.05) is 19.0 Å². The average molecular weight is 370 g/mol. The van der Waals surface area contributed by atoms with E-state index in [1.807, 2.05) is 13.0 Å². The lowest BCUT2D eigenvalue weighted by molar-refractivity contribution is -0.112.